The highest BCUT2D eigenvalue weighted by Gasteiger charge is 1.97. The average Bonchev–Trinajstić information content (AvgIpc) is 1.83. The van der Waals surface area contributed by atoms with E-state index in [1.807, 2.05) is 0 Å². The van der Waals surface area contributed by atoms with E-state index < -0.39 is 0 Å². The number of anilines is 2. The fourth-order valence-electron chi connectivity index (χ4n) is 0.476. The molecule has 0 atom stereocenters. The van der Waals surface area contributed by atoms with Crippen molar-refractivity contribution in [1.29, 1.82) is 0 Å². The van der Waals surface area contributed by atoms with Gasteiger partial charge in [0.25, 0.3) is 0 Å². The zero-order valence-electron chi connectivity index (χ0n) is 4.63. The lowest BCUT2D eigenvalue weighted by atomic mass is 10.4. The Bertz CT molecular complexity index is 203. The summed E-state index contributed by atoms with van der Waals surface area (Å²) in [6.07, 6.45) is 1.59. The molecule has 0 aliphatic carbocycles. The Morgan fingerprint density at radius 1 is 1.44 bits per heavy atom. The normalized spacial score (nSPS) is 9.44. The molecular formula is C5H6IN3. The van der Waals surface area contributed by atoms with Gasteiger partial charge in [-0.15, -0.1) is 0 Å². The predicted octanol–water partition coefficient (Wildman–Crippen LogP) is 0.851. The highest BCUT2D eigenvalue weighted by molar-refractivity contribution is 14.1. The van der Waals surface area contributed by atoms with E-state index >= 15 is 0 Å². The monoisotopic (exact) mass is 235 g/mol. The number of nitrogens with zero attached hydrogens (tertiary/aromatic N) is 1. The van der Waals surface area contributed by atoms with Crippen LogP contribution < -0.4 is 11.5 Å². The Morgan fingerprint density at radius 3 is 2.56 bits per heavy atom. The molecular weight excluding hydrogens is 229 g/mol. The average molecular weight is 235 g/mol. The van der Waals surface area contributed by atoms with E-state index in [2.05, 4.69) is 27.6 Å². The molecule has 0 aliphatic heterocycles. The number of nitrogen functional groups attached to an aromatic ring is 2. The maximum Gasteiger partial charge on any atom is 0.138 e. The zero-order chi connectivity index (χ0) is 6.85. The van der Waals surface area contributed by atoms with Crippen LogP contribution in [-0.4, -0.2) is 4.98 Å². The van der Waals surface area contributed by atoms with Gasteiger partial charge < -0.3 is 11.5 Å². The van der Waals surface area contributed by atoms with Crippen molar-refractivity contribution < 1.29 is 0 Å². The SMILES string of the molecule is Nc1ccnc(N)c1I. The highest BCUT2D eigenvalue weighted by Crippen LogP contribution is 2.17. The molecule has 0 bridgehead atoms. The van der Waals surface area contributed by atoms with Crippen molar-refractivity contribution in [3.05, 3.63) is 15.8 Å². The van der Waals surface area contributed by atoms with Crippen molar-refractivity contribution in [3.8, 4) is 0 Å². The Labute approximate surface area is 66.6 Å². The molecule has 4 N–H and O–H groups in total. The van der Waals surface area contributed by atoms with E-state index in [-0.39, 0.29) is 0 Å². The van der Waals surface area contributed by atoms with E-state index in [4.69, 9.17) is 11.5 Å². The summed E-state index contributed by atoms with van der Waals surface area (Å²) in [6.45, 7) is 0. The third-order valence-corrected chi connectivity index (χ3v) is 2.12. The second-order valence-corrected chi connectivity index (χ2v) is 2.68. The summed E-state index contributed by atoms with van der Waals surface area (Å²) in [4.78, 5) is 3.83. The molecule has 1 aromatic heterocycles. The molecule has 0 saturated heterocycles. The Morgan fingerprint density at radius 2 is 2.11 bits per heavy atom. The fraction of sp³-hybridized carbons (Fsp3) is 0. The van der Waals surface area contributed by atoms with Gasteiger partial charge in [0.15, 0.2) is 0 Å². The van der Waals surface area contributed by atoms with E-state index in [1.165, 1.54) is 0 Å². The predicted molar refractivity (Wildman–Crippen MR) is 45.8 cm³/mol. The van der Waals surface area contributed by atoms with Gasteiger partial charge in [-0.1, -0.05) is 0 Å². The molecule has 0 amide bonds. The molecule has 0 fully saturated rings. The van der Waals surface area contributed by atoms with Crippen LogP contribution in [0.1, 0.15) is 0 Å². The second kappa shape index (κ2) is 2.38. The molecule has 0 aromatic carbocycles. The number of nitrogens with two attached hydrogens (primary N) is 2. The smallest absolute Gasteiger partial charge is 0.138 e. The van der Waals surface area contributed by atoms with Gasteiger partial charge >= 0.3 is 0 Å². The first-order valence-corrected chi connectivity index (χ1v) is 3.45. The minimum Gasteiger partial charge on any atom is -0.398 e. The zero-order valence-corrected chi connectivity index (χ0v) is 6.79. The molecule has 9 heavy (non-hydrogen) atoms. The number of aromatic nitrogens is 1. The summed E-state index contributed by atoms with van der Waals surface area (Å²) in [7, 11) is 0. The van der Waals surface area contributed by atoms with Crippen LogP contribution in [0, 0.1) is 3.57 Å². The lowest BCUT2D eigenvalue weighted by molar-refractivity contribution is 1.32. The minimum atomic E-state index is 0.496. The van der Waals surface area contributed by atoms with Crippen LogP contribution in [0.5, 0.6) is 0 Å². The highest BCUT2D eigenvalue weighted by atomic mass is 127. The number of hydrogen-bond donors (Lipinski definition) is 2. The van der Waals surface area contributed by atoms with Crippen LogP contribution >= 0.6 is 22.6 Å². The molecule has 0 radical (unpaired) electrons. The van der Waals surface area contributed by atoms with Crippen molar-refractivity contribution >= 4 is 34.1 Å². The van der Waals surface area contributed by atoms with Crippen LogP contribution in [0.15, 0.2) is 12.3 Å². The number of halogens is 1. The van der Waals surface area contributed by atoms with Crippen molar-refractivity contribution in [2.24, 2.45) is 0 Å². The number of hydrogen-bond acceptors (Lipinski definition) is 3. The summed E-state index contributed by atoms with van der Waals surface area (Å²) >= 11 is 2.06. The lowest BCUT2D eigenvalue weighted by Gasteiger charge is -1.97. The lowest BCUT2D eigenvalue weighted by Crippen LogP contribution is -1.97. The van der Waals surface area contributed by atoms with Gasteiger partial charge in [-0.3, -0.25) is 0 Å². The van der Waals surface area contributed by atoms with Gasteiger partial charge in [0.2, 0.25) is 0 Å². The summed E-state index contributed by atoms with van der Waals surface area (Å²) < 4.78 is 0.829. The first-order chi connectivity index (χ1) is 4.22. The maximum atomic E-state index is 5.49. The Hall–Kier alpha value is -0.520. The van der Waals surface area contributed by atoms with Crippen LogP contribution in [0.25, 0.3) is 0 Å². The largest absolute Gasteiger partial charge is 0.398 e. The molecule has 0 aliphatic rings. The van der Waals surface area contributed by atoms with Crippen LogP contribution in [0.2, 0.25) is 0 Å². The van der Waals surface area contributed by atoms with Crippen LogP contribution in [-0.2, 0) is 0 Å². The third-order valence-electron chi connectivity index (χ3n) is 0.946. The molecule has 4 heteroatoms. The molecule has 1 heterocycles. The molecule has 0 spiro atoms. The van der Waals surface area contributed by atoms with Crippen molar-refractivity contribution in [1.82, 2.24) is 4.98 Å². The van der Waals surface area contributed by atoms with E-state index in [9.17, 15) is 0 Å². The van der Waals surface area contributed by atoms with E-state index in [0.717, 1.165) is 3.57 Å². The molecule has 0 saturated carbocycles. The molecule has 48 valence electrons. The van der Waals surface area contributed by atoms with Gasteiger partial charge in [-0.2, -0.15) is 0 Å². The molecule has 1 rings (SSSR count). The summed E-state index contributed by atoms with van der Waals surface area (Å²) in [5, 5.41) is 0. The third kappa shape index (κ3) is 1.24. The summed E-state index contributed by atoms with van der Waals surface area (Å²) in [6, 6.07) is 1.72. The topological polar surface area (TPSA) is 64.9 Å². The maximum absolute atomic E-state index is 5.49. The Balaban J connectivity index is 3.25. The van der Waals surface area contributed by atoms with Crippen LogP contribution in [0.3, 0.4) is 0 Å². The van der Waals surface area contributed by atoms with Crippen molar-refractivity contribution in [3.63, 3.8) is 0 Å². The number of pyridine rings is 1. The second-order valence-electron chi connectivity index (χ2n) is 1.60. The van der Waals surface area contributed by atoms with Gasteiger partial charge in [-0.25, -0.2) is 4.98 Å². The standard InChI is InChI=1S/C5H6IN3/c6-4-3(7)1-2-9-5(4)8/h1-2H,(H4,7,8,9). The van der Waals surface area contributed by atoms with Crippen molar-refractivity contribution in [2.45, 2.75) is 0 Å². The summed E-state index contributed by atoms with van der Waals surface area (Å²) in [5.74, 6) is 0.496. The van der Waals surface area contributed by atoms with Crippen LogP contribution in [0.4, 0.5) is 11.5 Å². The first kappa shape index (κ1) is 6.60. The Kier molecular flexibility index (Phi) is 1.75. The number of rotatable bonds is 0. The van der Waals surface area contributed by atoms with Crippen molar-refractivity contribution in [2.75, 3.05) is 11.5 Å². The molecule has 3 nitrogen and oxygen atoms in total. The van der Waals surface area contributed by atoms with Gasteiger partial charge in [0.1, 0.15) is 5.82 Å². The van der Waals surface area contributed by atoms with Gasteiger partial charge in [0.05, 0.1) is 9.26 Å². The molecule has 1 aromatic rings. The summed E-state index contributed by atoms with van der Waals surface area (Å²) in [5.41, 5.74) is 11.6. The fourth-order valence-corrected chi connectivity index (χ4v) is 0.795. The van der Waals surface area contributed by atoms with Gasteiger partial charge in [-0.05, 0) is 28.7 Å². The van der Waals surface area contributed by atoms with Gasteiger partial charge in [0, 0.05) is 6.20 Å². The first-order valence-electron chi connectivity index (χ1n) is 2.37. The quantitative estimate of drug-likeness (QED) is 0.655. The molecule has 0 unspecified atom stereocenters. The van der Waals surface area contributed by atoms with E-state index in [0.29, 0.717) is 11.5 Å². The van der Waals surface area contributed by atoms with E-state index in [1.54, 1.807) is 12.3 Å². The minimum absolute atomic E-state index is 0.496.